The average molecular weight is 295 g/mol. The van der Waals surface area contributed by atoms with Gasteiger partial charge in [-0.15, -0.1) is 0 Å². The number of nitrogens with one attached hydrogen (secondary N) is 2. The Labute approximate surface area is 128 Å². The van der Waals surface area contributed by atoms with Crippen molar-refractivity contribution < 1.29 is 4.79 Å². The van der Waals surface area contributed by atoms with Gasteiger partial charge in [-0.3, -0.25) is 4.79 Å². The van der Waals surface area contributed by atoms with Gasteiger partial charge in [0.2, 0.25) is 0 Å². The fourth-order valence-corrected chi connectivity index (χ4v) is 2.29. The van der Waals surface area contributed by atoms with Gasteiger partial charge in [-0.25, -0.2) is 9.50 Å². The largest absolute Gasteiger partial charge is 0.383 e. The third-order valence-electron chi connectivity index (χ3n) is 3.31. The van der Waals surface area contributed by atoms with E-state index in [0.29, 0.717) is 30.0 Å². The number of fused-ring (bicyclic) bond motifs is 1. The highest BCUT2D eigenvalue weighted by atomic mass is 16.1. The molecule has 6 heteroatoms. The smallest absolute Gasteiger partial charge is 0.257 e. The molecule has 0 radical (unpaired) electrons. The van der Waals surface area contributed by atoms with Gasteiger partial charge in [-0.05, 0) is 25.1 Å². The third-order valence-corrected chi connectivity index (χ3v) is 3.31. The molecule has 0 aliphatic rings. The van der Waals surface area contributed by atoms with Gasteiger partial charge in [-0.2, -0.15) is 5.10 Å². The number of para-hydroxylation sites is 1. The molecular weight excluding hydrogens is 278 g/mol. The van der Waals surface area contributed by atoms with Crippen molar-refractivity contribution in [3.8, 4) is 0 Å². The van der Waals surface area contributed by atoms with Gasteiger partial charge in [0, 0.05) is 31.2 Å². The fourth-order valence-electron chi connectivity index (χ4n) is 2.29. The minimum atomic E-state index is -0.152. The molecule has 0 unspecified atom stereocenters. The first-order valence-corrected chi connectivity index (χ1v) is 7.13. The van der Waals surface area contributed by atoms with E-state index >= 15 is 0 Å². The van der Waals surface area contributed by atoms with E-state index < -0.39 is 0 Å². The van der Waals surface area contributed by atoms with Gasteiger partial charge in [0.25, 0.3) is 5.91 Å². The summed E-state index contributed by atoms with van der Waals surface area (Å²) < 4.78 is 1.62. The summed E-state index contributed by atoms with van der Waals surface area (Å²) in [6.07, 6.45) is 3.44. The van der Waals surface area contributed by atoms with Gasteiger partial charge in [-0.1, -0.05) is 18.2 Å². The van der Waals surface area contributed by atoms with E-state index in [1.54, 1.807) is 23.0 Å². The molecule has 1 amide bonds. The molecule has 2 heterocycles. The predicted molar refractivity (Wildman–Crippen MR) is 85.0 cm³/mol. The summed E-state index contributed by atoms with van der Waals surface area (Å²) in [5.41, 5.74) is 2.81. The van der Waals surface area contributed by atoms with Gasteiger partial charge >= 0.3 is 0 Å². The Morgan fingerprint density at radius 2 is 2.00 bits per heavy atom. The van der Waals surface area contributed by atoms with Crippen LogP contribution in [0.3, 0.4) is 0 Å². The molecule has 3 rings (SSSR count). The molecule has 0 aliphatic heterocycles. The van der Waals surface area contributed by atoms with Crippen LogP contribution in [0.1, 0.15) is 16.1 Å². The van der Waals surface area contributed by atoms with Crippen LogP contribution in [-0.4, -0.2) is 33.6 Å². The lowest BCUT2D eigenvalue weighted by atomic mass is 10.2. The lowest BCUT2D eigenvalue weighted by Gasteiger charge is -2.07. The predicted octanol–water partition coefficient (Wildman–Crippen LogP) is 1.88. The van der Waals surface area contributed by atoms with Gasteiger partial charge in [0.15, 0.2) is 5.65 Å². The number of carbonyl (C=O) groups excluding carboxylic acids is 1. The average Bonchev–Trinajstić information content (AvgIpc) is 2.88. The normalized spacial score (nSPS) is 10.6. The number of anilines is 1. The van der Waals surface area contributed by atoms with Crippen molar-refractivity contribution in [3.63, 3.8) is 0 Å². The molecule has 2 N–H and O–H groups in total. The summed E-state index contributed by atoms with van der Waals surface area (Å²) in [6, 6.07) is 11.7. The molecule has 112 valence electrons. The molecule has 0 atom stereocenters. The Morgan fingerprint density at radius 3 is 2.82 bits per heavy atom. The van der Waals surface area contributed by atoms with E-state index in [0.717, 1.165) is 5.69 Å². The molecule has 22 heavy (non-hydrogen) atoms. The molecule has 0 fully saturated rings. The standard InChI is InChI=1S/C16H17N5O/c1-12-14(15-18-8-5-11-21(15)20-12)16(22)19-10-9-17-13-6-3-2-4-7-13/h2-8,11,17H,9-10H2,1H3,(H,19,22). The first-order valence-electron chi connectivity index (χ1n) is 7.13. The number of aromatic nitrogens is 3. The van der Waals surface area contributed by atoms with Crippen LogP contribution in [0.2, 0.25) is 0 Å². The van der Waals surface area contributed by atoms with Crippen LogP contribution in [0.5, 0.6) is 0 Å². The van der Waals surface area contributed by atoms with Crippen LogP contribution in [0.25, 0.3) is 5.65 Å². The van der Waals surface area contributed by atoms with Crippen LogP contribution in [-0.2, 0) is 0 Å². The molecule has 0 saturated heterocycles. The number of benzene rings is 1. The van der Waals surface area contributed by atoms with Gasteiger partial charge in [0.05, 0.1) is 5.69 Å². The number of aryl methyl sites for hydroxylation is 1. The Bertz CT molecular complexity index is 782. The molecular formula is C16H17N5O. The Morgan fingerprint density at radius 1 is 1.18 bits per heavy atom. The summed E-state index contributed by atoms with van der Waals surface area (Å²) in [6.45, 7) is 2.99. The summed E-state index contributed by atoms with van der Waals surface area (Å²) >= 11 is 0. The van der Waals surface area contributed by atoms with Gasteiger partial charge in [0.1, 0.15) is 5.56 Å². The van der Waals surface area contributed by atoms with Crippen LogP contribution < -0.4 is 10.6 Å². The van der Waals surface area contributed by atoms with Crippen molar-refractivity contribution in [2.75, 3.05) is 18.4 Å². The molecule has 3 aromatic rings. The van der Waals surface area contributed by atoms with Crippen LogP contribution in [0.15, 0.2) is 48.8 Å². The summed E-state index contributed by atoms with van der Waals surface area (Å²) in [5, 5.41) is 10.4. The second-order valence-corrected chi connectivity index (χ2v) is 4.90. The minimum absolute atomic E-state index is 0.152. The van der Waals surface area contributed by atoms with Crippen molar-refractivity contribution >= 4 is 17.2 Å². The monoisotopic (exact) mass is 295 g/mol. The number of hydrogen-bond donors (Lipinski definition) is 2. The second-order valence-electron chi connectivity index (χ2n) is 4.90. The SMILES string of the molecule is Cc1nn2cccnc2c1C(=O)NCCNc1ccccc1. The molecule has 2 aromatic heterocycles. The molecule has 0 spiro atoms. The molecule has 0 bridgehead atoms. The minimum Gasteiger partial charge on any atom is -0.383 e. The van der Waals surface area contributed by atoms with E-state index in [9.17, 15) is 4.79 Å². The third kappa shape index (κ3) is 2.90. The van der Waals surface area contributed by atoms with E-state index in [1.807, 2.05) is 37.3 Å². The highest BCUT2D eigenvalue weighted by molar-refractivity contribution is 6.00. The maximum atomic E-state index is 12.3. The number of carbonyl (C=O) groups is 1. The molecule has 6 nitrogen and oxygen atoms in total. The van der Waals surface area contributed by atoms with E-state index in [2.05, 4.69) is 20.7 Å². The van der Waals surface area contributed by atoms with E-state index in [4.69, 9.17) is 0 Å². The zero-order valence-electron chi connectivity index (χ0n) is 12.3. The Balaban J connectivity index is 1.61. The maximum absolute atomic E-state index is 12.3. The van der Waals surface area contributed by atoms with Crippen LogP contribution in [0, 0.1) is 6.92 Å². The van der Waals surface area contributed by atoms with E-state index in [-0.39, 0.29) is 5.91 Å². The first-order chi connectivity index (χ1) is 10.8. The number of amides is 1. The van der Waals surface area contributed by atoms with Crippen molar-refractivity contribution in [2.24, 2.45) is 0 Å². The zero-order valence-corrected chi connectivity index (χ0v) is 12.3. The highest BCUT2D eigenvalue weighted by Gasteiger charge is 2.17. The molecule has 0 saturated carbocycles. The Kier molecular flexibility index (Phi) is 4.00. The lowest BCUT2D eigenvalue weighted by Crippen LogP contribution is -2.29. The molecule has 0 aliphatic carbocycles. The van der Waals surface area contributed by atoms with Crippen molar-refractivity contribution in [1.29, 1.82) is 0 Å². The highest BCUT2D eigenvalue weighted by Crippen LogP contribution is 2.12. The Hall–Kier alpha value is -2.89. The van der Waals surface area contributed by atoms with Crippen molar-refractivity contribution in [3.05, 3.63) is 60.0 Å². The van der Waals surface area contributed by atoms with Gasteiger partial charge < -0.3 is 10.6 Å². The quantitative estimate of drug-likeness (QED) is 0.705. The summed E-state index contributed by atoms with van der Waals surface area (Å²) in [5.74, 6) is -0.152. The number of nitrogens with zero attached hydrogens (tertiary/aromatic N) is 3. The summed E-state index contributed by atoms with van der Waals surface area (Å²) in [4.78, 5) is 16.5. The van der Waals surface area contributed by atoms with E-state index in [1.165, 1.54) is 0 Å². The zero-order chi connectivity index (χ0) is 15.4. The fraction of sp³-hybridized carbons (Fsp3) is 0.188. The topological polar surface area (TPSA) is 71.3 Å². The van der Waals surface area contributed by atoms with Crippen molar-refractivity contribution in [1.82, 2.24) is 19.9 Å². The number of hydrogen-bond acceptors (Lipinski definition) is 4. The first kappa shape index (κ1) is 14.1. The summed E-state index contributed by atoms with van der Waals surface area (Å²) in [7, 11) is 0. The lowest BCUT2D eigenvalue weighted by molar-refractivity contribution is 0.0956. The van der Waals surface area contributed by atoms with Crippen molar-refractivity contribution in [2.45, 2.75) is 6.92 Å². The molecule has 1 aromatic carbocycles. The second kappa shape index (κ2) is 6.26. The number of rotatable bonds is 5. The maximum Gasteiger partial charge on any atom is 0.257 e. The van der Waals surface area contributed by atoms with Crippen LogP contribution >= 0.6 is 0 Å². The van der Waals surface area contributed by atoms with Crippen LogP contribution in [0.4, 0.5) is 5.69 Å².